The lowest BCUT2D eigenvalue weighted by Crippen LogP contribution is -2.39. The van der Waals surface area contributed by atoms with Gasteiger partial charge in [-0.2, -0.15) is 0 Å². The van der Waals surface area contributed by atoms with Crippen LogP contribution in [-0.4, -0.2) is 51.4 Å². The Labute approximate surface area is 139 Å². The first-order valence-corrected chi connectivity index (χ1v) is 10.2. The summed E-state index contributed by atoms with van der Waals surface area (Å²) in [5, 5.41) is 0. The van der Waals surface area contributed by atoms with Gasteiger partial charge in [-0.15, -0.1) is 0 Å². The van der Waals surface area contributed by atoms with Crippen LogP contribution in [0.2, 0.25) is 0 Å². The molecule has 2 fully saturated rings. The van der Waals surface area contributed by atoms with E-state index in [1.807, 2.05) is 30.3 Å². The number of sulfonamides is 1. The molecule has 2 aliphatic rings. The van der Waals surface area contributed by atoms with Gasteiger partial charge in [-0.25, -0.2) is 13.1 Å². The van der Waals surface area contributed by atoms with Crippen molar-refractivity contribution in [1.29, 1.82) is 0 Å². The number of hydrogen-bond acceptors (Lipinski definition) is 4. The Morgan fingerprint density at radius 2 is 1.91 bits per heavy atom. The predicted molar refractivity (Wildman–Crippen MR) is 90.8 cm³/mol. The van der Waals surface area contributed by atoms with Crippen LogP contribution in [0.1, 0.15) is 37.3 Å². The fraction of sp³-hybridized carbons (Fsp3) is 0.647. The third-order valence-corrected chi connectivity index (χ3v) is 6.01. The van der Waals surface area contributed by atoms with E-state index in [9.17, 15) is 8.42 Å². The molecule has 0 radical (unpaired) electrons. The molecule has 0 amide bonds. The van der Waals surface area contributed by atoms with Gasteiger partial charge in [0.15, 0.2) is 0 Å². The zero-order valence-electron chi connectivity index (χ0n) is 13.5. The number of hydrogen-bond donors (Lipinski definition) is 1. The quantitative estimate of drug-likeness (QED) is 0.825. The molecule has 0 bridgehead atoms. The van der Waals surface area contributed by atoms with E-state index < -0.39 is 10.0 Å². The summed E-state index contributed by atoms with van der Waals surface area (Å²) in [6.07, 6.45) is 4.17. The summed E-state index contributed by atoms with van der Waals surface area (Å²) in [4.78, 5) is 2.23. The van der Waals surface area contributed by atoms with Crippen LogP contribution in [-0.2, 0) is 14.8 Å². The van der Waals surface area contributed by atoms with Crippen LogP contribution in [0.4, 0.5) is 0 Å². The van der Waals surface area contributed by atoms with Gasteiger partial charge in [0.1, 0.15) is 0 Å². The van der Waals surface area contributed by atoms with E-state index in [4.69, 9.17) is 4.74 Å². The number of likely N-dealkylation sites (tertiary alicyclic amines) is 1. The highest BCUT2D eigenvalue weighted by atomic mass is 32.2. The van der Waals surface area contributed by atoms with Crippen molar-refractivity contribution >= 4 is 10.0 Å². The Bertz CT molecular complexity index is 579. The third kappa shape index (κ3) is 4.76. The summed E-state index contributed by atoms with van der Waals surface area (Å²) in [5.41, 5.74) is 0.976. The lowest BCUT2D eigenvalue weighted by molar-refractivity contribution is 0.0852. The molecule has 5 nitrogen and oxygen atoms in total. The highest BCUT2D eigenvalue weighted by Gasteiger charge is 2.31. The summed E-state index contributed by atoms with van der Waals surface area (Å²) >= 11 is 0. The maximum Gasteiger partial charge on any atom is 0.213 e. The summed E-state index contributed by atoms with van der Waals surface area (Å²) < 4.78 is 33.7. The van der Waals surface area contributed by atoms with Gasteiger partial charge in [0.25, 0.3) is 0 Å². The van der Waals surface area contributed by atoms with E-state index in [2.05, 4.69) is 9.62 Å². The molecule has 23 heavy (non-hydrogen) atoms. The van der Waals surface area contributed by atoms with E-state index in [0.29, 0.717) is 13.2 Å². The Morgan fingerprint density at radius 3 is 2.57 bits per heavy atom. The Hall–Kier alpha value is -0.950. The molecule has 128 valence electrons. The normalized spacial score (nSPS) is 24.1. The fourth-order valence-corrected chi connectivity index (χ4v) is 4.68. The first kappa shape index (κ1) is 16.9. The van der Waals surface area contributed by atoms with Gasteiger partial charge in [-0.05, 0) is 44.3 Å². The van der Waals surface area contributed by atoms with E-state index in [1.54, 1.807) is 0 Å². The smallest absolute Gasteiger partial charge is 0.213 e. The Balaban J connectivity index is 1.66. The molecule has 0 spiro atoms. The van der Waals surface area contributed by atoms with Gasteiger partial charge in [-0.3, -0.25) is 0 Å². The van der Waals surface area contributed by atoms with Crippen molar-refractivity contribution in [1.82, 2.24) is 9.62 Å². The molecule has 1 aromatic rings. The second-order valence-corrected chi connectivity index (χ2v) is 8.30. The summed E-state index contributed by atoms with van der Waals surface area (Å²) in [6.45, 7) is 3.36. The monoisotopic (exact) mass is 338 g/mol. The third-order valence-electron chi connectivity index (χ3n) is 4.68. The molecule has 1 N–H and O–H groups in total. The van der Waals surface area contributed by atoms with Crippen LogP contribution < -0.4 is 4.72 Å². The van der Waals surface area contributed by atoms with Crippen molar-refractivity contribution in [3.05, 3.63) is 35.9 Å². The van der Waals surface area contributed by atoms with E-state index in [1.165, 1.54) is 12.8 Å². The maximum atomic E-state index is 12.5. The number of benzene rings is 1. The molecule has 2 heterocycles. The van der Waals surface area contributed by atoms with Gasteiger partial charge in [0, 0.05) is 13.2 Å². The Kier molecular flexibility index (Phi) is 5.69. The molecule has 0 aliphatic carbocycles. The molecular weight excluding hydrogens is 312 g/mol. The molecule has 2 saturated heterocycles. The van der Waals surface area contributed by atoms with Gasteiger partial charge in [-0.1, -0.05) is 30.3 Å². The SMILES string of the molecule is O=S(=O)(CCN1CCCC1)N[C@@H](c1ccccc1)[C@@H]1CCCO1. The van der Waals surface area contributed by atoms with Crippen molar-refractivity contribution in [2.24, 2.45) is 0 Å². The molecule has 1 aromatic carbocycles. The number of ether oxygens (including phenoxy) is 1. The van der Waals surface area contributed by atoms with Gasteiger partial charge < -0.3 is 9.64 Å². The molecule has 0 aromatic heterocycles. The van der Waals surface area contributed by atoms with Crippen LogP contribution in [0.3, 0.4) is 0 Å². The topological polar surface area (TPSA) is 58.6 Å². The van der Waals surface area contributed by atoms with E-state index in [-0.39, 0.29) is 17.9 Å². The predicted octanol–water partition coefficient (Wildman–Crippen LogP) is 1.92. The molecule has 0 saturated carbocycles. The van der Waals surface area contributed by atoms with Gasteiger partial charge in [0.2, 0.25) is 10.0 Å². The number of nitrogens with one attached hydrogen (secondary N) is 1. The number of rotatable bonds is 7. The highest BCUT2D eigenvalue weighted by Crippen LogP contribution is 2.27. The van der Waals surface area contributed by atoms with Crippen LogP contribution in [0.5, 0.6) is 0 Å². The van der Waals surface area contributed by atoms with Gasteiger partial charge >= 0.3 is 0 Å². The van der Waals surface area contributed by atoms with Crippen molar-refractivity contribution < 1.29 is 13.2 Å². The summed E-state index contributed by atoms with van der Waals surface area (Å²) in [5.74, 6) is 0.156. The average Bonchev–Trinajstić information content (AvgIpc) is 3.25. The number of nitrogens with zero attached hydrogens (tertiary/aromatic N) is 1. The summed E-state index contributed by atoms with van der Waals surface area (Å²) in [7, 11) is -3.33. The molecule has 0 unspecified atom stereocenters. The lowest BCUT2D eigenvalue weighted by Gasteiger charge is -2.25. The minimum atomic E-state index is -3.33. The van der Waals surface area contributed by atoms with Crippen molar-refractivity contribution in [2.75, 3.05) is 32.0 Å². The molecular formula is C17H26N2O3S. The fourth-order valence-electron chi connectivity index (χ4n) is 3.39. The zero-order valence-corrected chi connectivity index (χ0v) is 14.3. The lowest BCUT2D eigenvalue weighted by atomic mass is 10.0. The van der Waals surface area contributed by atoms with Crippen LogP contribution in [0.15, 0.2) is 30.3 Å². The molecule has 3 rings (SSSR count). The molecule has 2 atom stereocenters. The minimum absolute atomic E-state index is 0.0704. The van der Waals surface area contributed by atoms with Crippen LogP contribution in [0, 0.1) is 0 Å². The largest absolute Gasteiger partial charge is 0.376 e. The van der Waals surface area contributed by atoms with Crippen molar-refractivity contribution in [2.45, 2.75) is 37.8 Å². The van der Waals surface area contributed by atoms with E-state index in [0.717, 1.165) is 31.5 Å². The Morgan fingerprint density at radius 1 is 1.17 bits per heavy atom. The average molecular weight is 338 g/mol. The first-order chi connectivity index (χ1) is 11.1. The van der Waals surface area contributed by atoms with E-state index >= 15 is 0 Å². The molecule has 2 aliphatic heterocycles. The van der Waals surface area contributed by atoms with Crippen molar-refractivity contribution in [3.63, 3.8) is 0 Å². The van der Waals surface area contributed by atoms with Crippen LogP contribution in [0.25, 0.3) is 0 Å². The molecule has 6 heteroatoms. The van der Waals surface area contributed by atoms with Crippen molar-refractivity contribution in [3.8, 4) is 0 Å². The summed E-state index contributed by atoms with van der Waals surface area (Å²) in [6, 6.07) is 9.47. The van der Waals surface area contributed by atoms with Crippen LogP contribution >= 0.6 is 0 Å². The van der Waals surface area contributed by atoms with Gasteiger partial charge in [0.05, 0.1) is 17.9 Å². The minimum Gasteiger partial charge on any atom is -0.376 e. The maximum absolute atomic E-state index is 12.5. The highest BCUT2D eigenvalue weighted by molar-refractivity contribution is 7.89. The second kappa shape index (κ2) is 7.75. The zero-order chi connectivity index (χ0) is 16.1. The first-order valence-electron chi connectivity index (χ1n) is 8.53. The second-order valence-electron chi connectivity index (χ2n) is 6.43. The standard InChI is InChI=1S/C17H26N2O3S/c20-23(21,14-12-19-10-4-5-11-19)18-17(16-9-6-13-22-16)15-7-2-1-3-8-15/h1-3,7-8,16-18H,4-6,9-14H2/t16-,17-/m0/s1.